The number of carbonyl (C=O) groups excluding carboxylic acids is 1. The Bertz CT molecular complexity index is 735. The third-order valence-corrected chi connectivity index (χ3v) is 7.22. The standard InChI is InChI=1S/C16H23ClN4O4S/c17-13-4-6-14(7-5-13)19-9-11-20(12-10-19)26(24,25)21-8-2-1-3-15(21)16(22)18-23/h4-7,15,23H,1-3,8-12H2,(H,18,22). The van der Waals surface area contributed by atoms with Gasteiger partial charge >= 0.3 is 0 Å². The lowest BCUT2D eigenvalue weighted by molar-refractivity contribution is -0.134. The van der Waals surface area contributed by atoms with Gasteiger partial charge in [0.1, 0.15) is 6.04 Å². The van der Waals surface area contributed by atoms with Crippen LogP contribution in [0.4, 0.5) is 5.69 Å². The first-order valence-corrected chi connectivity index (χ1v) is 10.4. The molecule has 0 spiro atoms. The van der Waals surface area contributed by atoms with Crippen LogP contribution < -0.4 is 10.4 Å². The molecule has 10 heteroatoms. The van der Waals surface area contributed by atoms with Crippen LogP contribution >= 0.6 is 11.6 Å². The Morgan fingerprint density at radius 3 is 2.35 bits per heavy atom. The molecule has 26 heavy (non-hydrogen) atoms. The van der Waals surface area contributed by atoms with Gasteiger partial charge in [-0.1, -0.05) is 18.0 Å². The summed E-state index contributed by atoms with van der Waals surface area (Å²) in [5.41, 5.74) is 2.59. The van der Waals surface area contributed by atoms with Crippen LogP contribution in [0.15, 0.2) is 24.3 Å². The first-order valence-electron chi connectivity index (χ1n) is 8.65. The number of piperazine rings is 1. The Morgan fingerprint density at radius 2 is 1.73 bits per heavy atom. The number of hydrogen-bond donors (Lipinski definition) is 2. The lowest BCUT2D eigenvalue weighted by Crippen LogP contribution is -2.58. The van der Waals surface area contributed by atoms with E-state index < -0.39 is 22.2 Å². The molecule has 1 unspecified atom stereocenters. The molecule has 0 bridgehead atoms. The Morgan fingerprint density at radius 1 is 1.08 bits per heavy atom. The molecule has 2 heterocycles. The third kappa shape index (κ3) is 3.96. The maximum atomic E-state index is 13.0. The van der Waals surface area contributed by atoms with Gasteiger partial charge in [0, 0.05) is 43.4 Å². The van der Waals surface area contributed by atoms with E-state index in [0.29, 0.717) is 44.0 Å². The van der Waals surface area contributed by atoms with Gasteiger partial charge in [0.05, 0.1) is 0 Å². The molecule has 1 amide bonds. The lowest BCUT2D eigenvalue weighted by atomic mass is 10.0. The molecule has 2 aliphatic rings. The van der Waals surface area contributed by atoms with Crippen molar-refractivity contribution in [2.45, 2.75) is 25.3 Å². The van der Waals surface area contributed by atoms with Crippen LogP contribution in [-0.2, 0) is 15.0 Å². The number of carbonyl (C=O) groups is 1. The molecule has 144 valence electrons. The molecule has 2 aliphatic heterocycles. The van der Waals surface area contributed by atoms with E-state index >= 15 is 0 Å². The summed E-state index contributed by atoms with van der Waals surface area (Å²) in [4.78, 5) is 14.0. The van der Waals surface area contributed by atoms with Crippen molar-refractivity contribution in [2.24, 2.45) is 0 Å². The lowest BCUT2D eigenvalue weighted by Gasteiger charge is -2.40. The van der Waals surface area contributed by atoms with E-state index in [9.17, 15) is 13.2 Å². The van der Waals surface area contributed by atoms with Crippen molar-refractivity contribution in [3.8, 4) is 0 Å². The average molecular weight is 403 g/mol. The number of anilines is 1. The fourth-order valence-electron chi connectivity index (χ4n) is 3.49. The van der Waals surface area contributed by atoms with E-state index in [1.54, 1.807) is 5.48 Å². The summed E-state index contributed by atoms with van der Waals surface area (Å²) in [5.74, 6) is -0.673. The van der Waals surface area contributed by atoms with Gasteiger partial charge in [0.2, 0.25) is 0 Å². The summed E-state index contributed by atoms with van der Waals surface area (Å²) in [6.07, 6.45) is 1.88. The largest absolute Gasteiger partial charge is 0.369 e. The second-order valence-corrected chi connectivity index (χ2v) is 8.79. The minimum atomic E-state index is -3.75. The van der Waals surface area contributed by atoms with Crippen LogP contribution in [0.1, 0.15) is 19.3 Å². The summed E-state index contributed by atoms with van der Waals surface area (Å²) < 4.78 is 28.7. The van der Waals surface area contributed by atoms with E-state index in [2.05, 4.69) is 4.90 Å². The first kappa shape index (κ1) is 19.4. The Kier molecular flexibility index (Phi) is 6.03. The number of hydrogen-bond acceptors (Lipinski definition) is 5. The van der Waals surface area contributed by atoms with Crippen LogP contribution in [0, 0.1) is 0 Å². The fourth-order valence-corrected chi connectivity index (χ4v) is 5.42. The Balaban J connectivity index is 1.69. The first-order chi connectivity index (χ1) is 12.4. The van der Waals surface area contributed by atoms with Crippen molar-refractivity contribution < 1.29 is 18.4 Å². The molecule has 1 aromatic rings. The Labute approximate surface area is 158 Å². The van der Waals surface area contributed by atoms with Gasteiger partial charge in [0.15, 0.2) is 0 Å². The van der Waals surface area contributed by atoms with E-state index in [-0.39, 0.29) is 6.54 Å². The molecule has 1 aromatic carbocycles. The van der Waals surface area contributed by atoms with Crippen LogP contribution in [0.3, 0.4) is 0 Å². The zero-order valence-electron chi connectivity index (χ0n) is 14.3. The van der Waals surface area contributed by atoms with Gasteiger partial charge in [-0.25, -0.2) is 5.48 Å². The SMILES string of the molecule is O=C(NO)C1CCCCN1S(=O)(=O)N1CCN(c2ccc(Cl)cc2)CC1. The van der Waals surface area contributed by atoms with Crippen molar-refractivity contribution in [3.05, 3.63) is 29.3 Å². The van der Waals surface area contributed by atoms with Gasteiger partial charge in [-0.2, -0.15) is 17.0 Å². The van der Waals surface area contributed by atoms with Crippen LogP contribution in [0.25, 0.3) is 0 Å². The molecule has 0 aliphatic carbocycles. The van der Waals surface area contributed by atoms with Crippen molar-refractivity contribution >= 4 is 33.4 Å². The molecule has 0 aromatic heterocycles. The molecule has 1 atom stereocenters. The summed E-state index contributed by atoms with van der Waals surface area (Å²) >= 11 is 5.91. The van der Waals surface area contributed by atoms with E-state index in [0.717, 1.165) is 12.1 Å². The van der Waals surface area contributed by atoms with Crippen molar-refractivity contribution in [1.82, 2.24) is 14.1 Å². The van der Waals surface area contributed by atoms with Gasteiger partial charge in [-0.05, 0) is 37.1 Å². The van der Waals surface area contributed by atoms with Crippen LogP contribution in [0.5, 0.6) is 0 Å². The number of rotatable bonds is 4. The number of halogens is 1. The van der Waals surface area contributed by atoms with Crippen molar-refractivity contribution in [1.29, 1.82) is 0 Å². The van der Waals surface area contributed by atoms with E-state index in [4.69, 9.17) is 16.8 Å². The topological polar surface area (TPSA) is 93.2 Å². The minimum absolute atomic E-state index is 0.290. The van der Waals surface area contributed by atoms with Crippen molar-refractivity contribution in [3.63, 3.8) is 0 Å². The Hall–Kier alpha value is -1.39. The predicted octanol–water partition coefficient (Wildman–Crippen LogP) is 1.07. The molecular formula is C16H23ClN4O4S. The second kappa shape index (κ2) is 8.10. The minimum Gasteiger partial charge on any atom is -0.369 e. The zero-order valence-corrected chi connectivity index (χ0v) is 15.9. The summed E-state index contributed by atoms with van der Waals surface area (Å²) in [7, 11) is -3.75. The normalized spacial score (nSPS) is 23.0. The third-order valence-electron chi connectivity index (χ3n) is 4.92. The monoisotopic (exact) mass is 402 g/mol. The quantitative estimate of drug-likeness (QED) is 0.580. The predicted molar refractivity (Wildman–Crippen MR) is 98.4 cm³/mol. The molecule has 2 N–H and O–H groups in total. The van der Waals surface area contributed by atoms with E-state index in [1.165, 1.54) is 8.61 Å². The van der Waals surface area contributed by atoms with Gasteiger partial charge in [-0.3, -0.25) is 10.0 Å². The highest BCUT2D eigenvalue weighted by atomic mass is 35.5. The molecule has 0 saturated carbocycles. The van der Waals surface area contributed by atoms with Gasteiger partial charge < -0.3 is 4.90 Å². The number of hydroxylamine groups is 1. The summed E-state index contributed by atoms with van der Waals surface area (Å²) in [6.45, 7) is 2.10. The zero-order chi connectivity index (χ0) is 18.7. The number of nitrogens with zero attached hydrogens (tertiary/aromatic N) is 3. The molecule has 8 nitrogen and oxygen atoms in total. The number of benzene rings is 1. The number of nitrogens with one attached hydrogen (secondary N) is 1. The second-order valence-electron chi connectivity index (χ2n) is 6.47. The van der Waals surface area contributed by atoms with Gasteiger partial charge in [0.25, 0.3) is 16.1 Å². The number of amides is 1. The molecular weight excluding hydrogens is 380 g/mol. The molecule has 0 radical (unpaired) electrons. The van der Waals surface area contributed by atoms with E-state index in [1.807, 2.05) is 24.3 Å². The van der Waals surface area contributed by atoms with Crippen molar-refractivity contribution in [2.75, 3.05) is 37.6 Å². The van der Waals surface area contributed by atoms with Gasteiger partial charge in [-0.15, -0.1) is 0 Å². The fraction of sp³-hybridized carbons (Fsp3) is 0.562. The smallest absolute Gasteiger partial charge is 0.282 e. The van der Waals surface area contributed by atoms with Crippen LogP contribution in [-0.4, -0.2) is 66.9 Å². The summed E-state index contributed by atoms with van der Waals surface area (Å²) in [5, 5.41) is 9.57. The van der Waals surface area contributed by atoms with Crippen LogP contribution in [0.2, 0.25) is 5.02 Å². The molecule has 2 saturated heterocycles. The highest BCUT2D eigenvalue weighted by Gasteiger charge is 2.40. The average Bonchev–Trinajstić information content (AvgIpc) is 2.68. The molecule has 3 rings (SSSR count). The highest BCUT2D eigenvalue weighted by Crippen LogP contribution is 2.25. The maximum Gasteiger partial charge on any atom is 0.282 e. The highest BCUT2D eigenvalue weighted by molar-refractivity contribution is 7.86. The number of piperidine rings is 1. The summed E-state index contributed by atoms with van der Waals surface area (Å²) in [6, 6.07) is 6.60. The maximum absolute atomic E-state index is 13.0. The molecule has 2 fully saturated rings.